The lowest BCUT2D eigenvalue weighted by Gasteiger charge is -2.17. The Labute approximate surface area is 669 Å². The van der Waals surface area contributed by atoms with Crippen molar-refractivity contribution in [2.75, 3.05) is 75.4 Å². The average molecular weight is 1510 g/mol. The molecule has 3 aliphatic carbocycles. The molecule has 12 aromatic carbocycles. The first kappa shape index (κ1) is 77.6. The molecule has 0 atom stereocenters. The summed E-state index contributed by atoms with van der Waals surface area (Å²) in [5.41, 5.74) is 17.6. The standard InChI is InChI=1S/C14H10.C13H10.C10H12.C9H10O2.C9H10.C8H10N2.C8H9NO.C8H8O2.C7H8N2.C7H5NO.C7H6O2/c1-2-6-12-10-14-8-4-3-7-13(14)9-11(12)5-1;1-3-7-12-10(5-1)9-11-6-2-4-8-13(11)12;1-2-6-10-8-4-3-7-9(10)5-1;1-2-5-9-8(4-1)10-6-3-7-11-9;1-2-5-9-7-3-6-8(9)4-1;1-3-7-4-2-6-10-8(7)9-5-1;2*1-2-4-8-7(3-1)9-5-6-10-8;1-2-6-3-5-9-7(6)8-4-1;2*1-2-4-7-6(3-1)8-5-9-7/h1-10H;1-8H,9H2;1-2,5-6H,3-4,7-8H2;1-2,4-5H,3,6-7H2;1-2,4-5H,3,6-7H2;1,3,5H,2,4,6H2,(H,9,10);1-4,9H,5-6H2;1-4H,5-6H2;1-2,4H,3,5H2,(H,8,9);1-5H;1-4H,5H2. The molecule has 14 nitrogen and oxygen atoms in total. The zero-order valence-electron chi connectivity index (χ0n) is 64.6. The molecule has 0 amide bonds. The quantitative estimate of drug-likeness (QED) is 0.123. The molecule has 24 rings (SSSR count). The number of ether oxygens (including phenoxy) is 7. The van der Waals surface area contributed by atoms with Crippen LogP contribution < -0.4 is 49.1 Å². The Kier molecular flexibility index (Phi) is 28.5. The number of fused-ring (bicyclic) bond motifs is 14. The molecular weight excluding hydrogens is 1410 g/mol. The number of rotatable bonds is 0. The highest BCUT2D eigenvalue weighted by Crippen LogP contribution is 2.37. The largest absolute Gasteiger partial charge is 0.490 e. The van der Waals surface area contributed by atoms with Crippen molar-refractivity contribution in [3.8, 4) is 51.4 Å². The minimum atomic E-state index is 0.360. The second-order valence-corrected chi connectivity index (χ2v) is 28.0. The number of para-hydroxylation sites is 10. The van der Waals surface area contributed by atoms with E-state index < -0.39 is 0 Å². The molecule has 9 aliphatic rings. The van der Waals surface area contributed by atoms with Crippen molar-refractivity contribution in [1.82, 2.24) is 15.0 Å². The number of hydrogen-bond donors (Lipinski definition) is 3. The average Bonchev–Trinajstić information content (AvgIpc) is 1.71. The molecule has 6 aliphatic heterocycles. The van der Waals surface area contributed by atoms with E-state index in [1.54, 1.807) is 22.3 Å². The van der Waals surface area contributed by atoms with E-state index in [2.05, 4.69) is 201 Å². The molecule has 9 heterocycles. The number of nitrogens with zero attached hydrogens (tertiary/aromatic N) is 3. The number of benzene rings is 12. The van der Waals surface area contributed by atoms with Crippen molar-refractivity contribution in [2.24, 2.45) is 0 Å². The van der Waals surface area contributed by atoms with Crippen LogP contribution >= 0.6 is 0 Å². The van der Waals surface area contributed by atoms with Crippen LogP contribution in [0.4, 0.5) is 17.3 Å². The van der Waals surface area contributed by atoms with Gasteiger partial charge in [-0.1, -0.05) is 218 Å². The van der Waals surface area contributed by atoms with Gasteiger partial charge >= 0.3 is 0 Å². The summed E-state index contributed by atoms with van der Waals surface area (Å²) in [5.74, 6) is 8.24. The molecular formula is C100H98N6O8. The van der Waals surface area contributed by atoms with Crippen LogP contribution in [-0.4, -0.2) is 74.4 Å². The Bertz CT molecular complexity index is 4800. The van der Waals surface area contributed by atoms with Crippen LogP contribution in [0.15, 0.2) is 327 Å². The maximum Gasteiger partial charge on any atom is 0.231 e. The molecule has 0 bridgehead atoms. The van der Waals surface area contributed by atoms with Crippen LogP contribution in [-0.2, 0) is 44.9 Å². The van der Waals surface area contributed by atoms with Crippen LogP contribution in [0, 0.1) is 0 Å². The SMILES string of the molecule is c1ccc2c(c1)CCC2.c1ccc2c(c1)CCCC2.c1ccc2c(c1)Cc1ccccc1-2.c1ccc2c(c1)NCCO2.c1ccc2c(c1)OCCCO2.c1ccc2c(c1)OCCO2.c1ccc2c(c1)OCO2.c1ccc2cc3ccccc3cc2c1.c1ccc2ocnc2c1.c1cnc2c(c1)CCCN2.c1cnc2c(c1)CCN2. The van der Waals surface area contributed by atoms with Crippen molar-refractivity contribution in [3.63, 3.8) is 0 Å². The van der Waals surface area contributed by atoms with Crippen LogP contribution in [0.3, 0.4) is 0 Å². The van der Waals surface area contributed by atoms with E-state index in [1.807, 2.05) is 146 Å². The highest BCUT2D eigenvalue weighted by Gasteiger charge is 2.18. The summed E-state index contributed by atoms with van der Waals surface area (Å²) in [7, 11) is 0. The van der Waals surface area contributed by atoms with Gasteiger partial charge in [-0.2, -0.15) is 0 Å². The molecule has 114 heavy (non-hydrogen) atoms. The molecule has 14 heteroatoms. The van der Waals surface area contributed by atoms with E-state index in [1.165, 1.54) is 119 Å². The van der Waals surface area contributed by atoms with E-state index >= 15 is 0 Å². The van der Waals surface area contributed by atoms with Gasteiger partial charge in [-0.3, -0.25) is 0 Å². The fraction of sp³-hybridized carbons (Fsp3) is 0.210. The second kappa shape index (κ2) is 41.8. The predicted molar refractivity (Wildman–Crippen MR) is 462 cm³/mol. The first-order valence-electron chi connectivity index (χ1n) is 39.9. The van der Waals surface area contributed by atoms with Crippen molar-refractivity contribution in [1.29, 1.82) is 0 Å². The predicted octanol–water partition coefficient (Wildman–Crippen LogP) is 22.5. The first-order valence-corrected chi connectivity index (χ1v) is 39.9. The second-order valence-electron chi connectivity index (χ2n) is 28.0. The molecule has 0 unspecified atom stereocenters. The summed E-state index contributed by atoms with van der Waals surface area (Å²) < 4.78 is 42.0. The lowest BCUT2D eigenvalue weighted by Crippen LogP contribution is -2.17. The van der Waals surface area contributed by atoms with Gasteiger partial charge in [0.25, 0.3) is 0 Å². The monoisotopic (exact) mass is 1510 g/mol. The molecule has 0 fully saturated rings. The third kappa shape index (κ3) is 22.4. The Morgan fingerprint density at radius 2 is 0.640 bits per heavy atom. The topological polar surface area (TPSA) is 153 Å². The van der Waals surface area contributed by atoms with Gasteiger partial charge in [-0.25, -0.2) is 15.0 Å². The van der Waals surface area contributed by atoms with Crippen LogP contribution in [0.2, 0.25) is 0 Å². The fourth-order valence-corrected chi connectivity index (χ4v) is 14.4. The van der Waals surface area contributed by atoms with Gasteiger partial charge in [-0.15, -0.1) is 0 Å². The molecule has 3 aromatic heterocycles. The zero-order valence-corrected chi connectivity index (χ0v) is 64.6. The lowest BCUT2D eigenvalue weighted by atomic mass is 9.92. The molecule has 0 saturated heterocycles. The smallest absolute Gasteiger partial charge is 0.231 e. The van der Waals surface area contributed by atoms with Gasteiger partial charge in [0.05, 0.1) is 18.9 Å². The first-order chi connectivity index (χ1) is 56.6. The van der Waals surface area contributed by atoms with E-state index in [0.717, 1.165) is 127 Å². The summed E-state index contributed by atoms with van der Waals surface area (Å²) >= 11 is 0. The van der Waals surface area contributed by atoms with E-state index in [0.29, 0.717) is 20.0 Å². The van der Waals surface area contributed by atoms with Gasteiger partial charge < -0.3 is 53.5 Å². The summed E-state index contributed by atoms with van der Waals surface area (Å²) in [5, 5.41) is 14.9. The maximum absolute atomic E-state index is 5.42. The van der Waals surface area contributed by atoms with Crippen molar-refractivity contribution in [2.45, 2.75) is 77.0 Å². The maximum atomic E-state index is 5.42. The summed E-state index contributed by atoms with van der Waals surface area (Å²) in [6, 6.07) is 103. The van der Waals surface area contributed by atoms with Crippen molar-refractivity contribution >= 4 is 50.0 Å². The van der Waals surface area contributed by atoms with E-state index in [4.69, 9.17) is 37.6 Å². The minimum absolute atomic E-state index is 0.360. The highest BCUT2D eigenvalue weighted by atomic mass is 16.7. The van der Waals surface area contributed by atoms with Crippen LogP contribution in [0.5, 0.6) is 40.2 Å². The zero-order chi connectivity index (χ0) is 77.2. The number of oxazole rings is 1. The third-order valence-electron chi connectivity index (χ3n) is 20.2. The molecule has 0 spiro atoms. The number of aromatic nitrogens is 3. The Morgan fingerprint density at radius 3 is 1.14 bits per heavy atom. The summed E-state index contributed by atoms with van der Waals surface area (Å²) in [6.45, 7) is 7.02. The van der Waals surface area contributed by atoms with Crippen molar-refractivity contribution in [3.05, 3.63) is 367 Å². The van der Waals surface area contributed by atoms with E-state index in [-0.39, 0.29) is 0 Å². The molecule has 3 N–H and O–H groups in total. The van der Waals surface area contributed by atoms with Gasteiger partial charge in [0, 0.05) is 38.4 Å². The van der Waals surface area contributed by atoms with Crippen LogP contribution in [0.25, 0.3) is 43.8 Å². The summed E-state index contributed by atoms with van der Waals surface area (Å²) in [4.78, 5) is 12.3. The highest BCUT2D eigenvalue weighted by molar-refractivity contribution is 5.98. The molecule has 15 aromatic rings. The minimum Gasteiger partial charge on any atom is -0.490 e. The van der Waals surface area contributed by atoms with Gasteiger partial charge in [-0.05, 0) is 233 Å². The number of aryl methyl sites for hydroxylation is 5. The van der Waals surface area contributed by atoms with Gasteiger partial charge in [0.2, 0.25) is 6.79 Å². The molecule has 0 saturated carbocycles. The number of nitrogens with one attached hydrogen (secondary N) is 3. The summed E-state index contributed by atoms with van der Waals surface area (Å²) in [6.07, 6.45) is 20.0. The number of pyridine rings is 2. The molecule has 576 valence electrons. The van der Waals surface area contributed by atoms with Crippen molar-refractivity contribution < 1.29 is 37.6 Å². The number of hydrogen-bond acceptors (Lipinski definition) is 14. The Morgan fingerprint density at radius 1 is 0.254 bits per heavy atom. The van der Waals surface area contributed by atoms with Gasteiger partial charge in [0.15, 0.2) is 46.5 Å². The fourth-order valence-electron chi connectivity index (χ4n) is 14.4. The Hall–Kier alpha value is -13.1. The van der Waals surface area contributed by atoms with Crippen LogP contribution in [0.1, 0.15) is 76.6 Å². The third-order valence-corrected chi connectivity index (χ3v) is 20.2. The van der Waals surface area contributed by atoms with E-state index in [9.17, 15) is 0 Å². The van der Waals surface area contributed by atoms with Gasteiger partial charge in [0.1, 0.15) is 42.7 Å². The normalized spacial score (nSPS) is 13.9. The Balaban J connectivity index is 0.000000104. The lowest BCUT2D eigenvalue weighted by molar-refractivity contribution is 0.171. The molecule has 0 radical (unpaired) electrons. The number of anilines is 3.